The summed E-state index contributed by atoms with van der Waals surface area (Å²) in [4.78, 5) is 11.7. The SMILES string of the molecule is CSC(C)C(=O)C1CCOCC1. The Kier molecular flexibility index (Phi) is 4.09. The molecule has 2 nitrogen and oxygen atoms in total. The zero-order valence-corrected chi connectivity index (χ0v) is 8.52. The average molecular weight is 188 g/mol. The van der Waals surface area contributed by atoms with Crippen LogP contribution in [0.3, 0.4) is 0 Å². The van der Waals surface area contributed by atoms with Gasteiger partial charge >= 0.3 is 0 Å². The second kappa shape index (κ2) is 4.87. The van der Waals surface area contributed by atoms with Crippen molar-refractivity contribution < 1.29 is 9.53 Å². The summed E-state index contributed by atoms with van der Waals surface area (Å²) in [5.41, 5.74) is 0. The molecule has 1 saturated heterocycles. The van der Waals surface area contributed by atoms with Gasteiger partial charge in [0.1, 0.15) is 5.78 Å². The number of thioether (sulfide) groups is 1. The van der Waals surface area contributed by atoms with E-state index in [0.717, 1.165) is 26.1 Å². The van der Waals surface area contributed by atoms with Crippen LogP contribution in [-0.2, 0) is 9.53 Å². The molecule has 3 heteroatoms. The van der Waals surface area contributed by atoms with E-state index in [-0.39, 0.29) is 11.2 Å². The minimum Gasteiger partial charge on any atom is -0.381 e. The van der Waals surface area contributed by atoms with Crippen molar-refractivity contribution in [3.05, 3.63) is 0 Å². The van der Waals surface area contributed by atoms with Crippen LogP contribution in [0.5, 0.6) is 0 Å². The number of ketones is 1. The zero-order valence-electron chi connectivity index (χ0n) is 7.71. The quantitative estimate of drug-likeness (QED) is 0.674. The lowest BCUT2D eigenvalue weighted by atomic mass is 9.94. The maximum atomic E-state index is 11.7. The first kappa shape index (κ1) is 10.1. The molecule has 0 saturated carbocycles. The summed E-state index contributed by atoms with van der Waals surface area (Å²) in [6, 6.07) is 0. The monoisotopic (exact) mass is 188 g/mol. The summed E-state index contributed by atoms with van der Waals surface area (Å²) in [6.07, 6.45) is 3.83. The molecule has 1 atom stereocenters. The minimum absolute atomic E-state index is 0.160. The Bertz CT molecular complexity index is 153. The molecule has 0 aromatic heterocycles. The highest BCUT2D eigenvalue weighted by Crippen LogP contribution is 2.21. The van der Waals surface area contributed by atoms with Crippen molar-refractivity contribution in [3.63, 3.8) is 0 Å². The van der Waals surface area contributed by atoms with Crippen LogP contribution in [-0.4, -0.2) is 30.5 Å². The summed E-state index contributed by atoms with van der Waals surface area (Å²) in [5, 5.41) is 0.160. The average Bonchev–Trinajstić information content (AvgIpc) is 2.17. The van der Waals surface area contributed by atoms with Crippen molar-refractivity contribution in [2.24, 2.45) is 5.92 Å². The van der Waals surface area contributed by atoms with Crippen LogP contribution in [0.15, 0.2) is 0 Å². The van der Waals surface area contributed by atoms with E-state index in [1.807, 2.05) is 13.2 Å². The molecule has 12 heavy (non-hydrogen) atoms. The lowest BCUT2D eigenvalue weighted by Gasteiger charge is -2.22. The molecule has 1 heterocycles. The Morgan fingerprint density at radius 1 is 1.50 bits per heavy atom. The van der Waals surface area contributed by atoms with E-state index in [9.17, 15) is 4.79 Å². The molecular formula is C9H16O2S. The lowest BCUT2D eigenvalue weighted by molar-refractivity contribution is -0.124. The van der Waals surface area contributed by atoms with Gasteiger partial charge in [0.25, 0.3) is 0 Å². The summed E-state index contributed by atoms with van der Waals surface area (Å²) in [5.74, 6) is 0.673. The summed E-state index contributed by atoms with van der Waals surface area (Å²) < 4.78 is 5.20. The number of carbonyl (C=O) groups is 1. The van der Waals surface area contributed by atoms with Crippen molar-refractivity contribution in [1.82, 2.24) is 0 Å². The number of ether oxygens (including phenoxy) is 1. The van der Waals surface area contributed by atoms with Gasteiger partial charge in [0.15, 0.2) is 0 Å². The molecular weight excluding hydrogens is 172 g/mol. The van der Waals surface area contributed by atoms with Gasteiger partial charge in [0.05, 0.1) is 5.25 Å². The van der Waals surface area contributed by atoms with Gasteiger partial charge in [-0.2, -0.15) is 11.8 Å². The first-order valence-corrected chi connectivity index (χ1v) is 5.68. The molecule has 1 aliphatic rings. The van der Waals surface area contributed by atoms with E-state index in [4.69, 9.17) is 4.74 Å². The van der Waals surface area contributed by atoms with Gasteiger partial charge in [-0.1, -0.05) is 0 Å². The van der Waals surface area contributed by atoms with Crippen molar-refractivity contribution >= 4 is 17.5 Å². The number of hydrogen-bond donors (Lipinski definition) is 0. The van der Waals surface area contributed by atoms with Crippen LogP contribution >= 0.6 is 11.8 Å². The van der Waals surface area contributed by atoms with E-state index in [1.165, 1.54) is 0 Å². The highest BCUT2D eigenvalue weighted by molar-refractivity contribution is 7.99. The molecule has 1 aliphatic heterocycles. The van der Waals surface area contributed by atoms with E-state index in [0.29, 0.717) is 5.78 Å². The van der Waals surface area contributed by atoms with Crippen LogP contribution in [0.1, 0.15) is 19.8 Å². The number of hydrogen-bond acceptors (Lipinski definition) is 3. The lowest BCUT2D eigenvalue weighted by Crippen LogP contribution is -2.28. The number of carbonyl (C=O) groups excluding carboxylic acids is 1. The molecule has 0 radical (unpaired) electrons. The molecule has 0 aliphatic carbocycles. The van der Waals surface area contributed by atoms with E-state index < -0.39 is 0 Å². The van der Waals surface area contributed by atoms with Gasteiger partial charge in [0.2, 0.25) is 0 Å². The zero-order chi connectivity index (χ0) is 8.97. The fraction of sp³-hybridized carbons (Fsp3) is 0.889. The summed E-state index contributed by atoms with van der Waals surface area (Å²) >= 11 is 1.64. The van der Waals surface area contributed by atoms with E-state index in [2.05, 4.69) is 0 Å². The minimum atomic E-state index is 0.160. The van der Waals surface area contributed by atoms with Crippen LogP contribution in [0.25, 0.3) is 0 Å². The predicted molar refractivity (Wildman–Crippen MR) is 51.5 cm³/mol. The third kappa shape index (κ3) is 2.49. The molecule has 0 amide bonds. The fourth-order valence-electron chi connectivity index (χ4n) is 1.43. The summed E-state index contributed by atoms with van der Waals surface area (Å²) in [7, 11) is 0. The van der Waals surface area contributed by atoms with Crippen molar-refractivity contribution in [1.29, 1.82) is 0 Å². The highest BCUT2D eigenvalue weighted by atomic mass is 32.2. The normalized spacial score (nSPS) is 22.2. The van der Waals surface area contributed by atoms with Gasteiger partial charge in [-0.25, -0.2) is 0 Å². The van der Waals surface area contributed by atoms with Gasteiger partial charge in [0, 0.05) is 19.1 Å². The van der Waals surface area contributed by atoms with Crippen molar-refractivity contribution in [2.75, 3.05) is 19.5 Å². The maximum Gasteiger partial charge on any atom is 0.148 e. The Labute approximate surface area is 78.1 Å². The third-order valence-corrected chi connectivity index (χ3v) is 3.32. The molecule has 0 bridgehead atoms. The topological polar surface area (TPSA) is 26.3 Å². The Morgan fingerprint density at radius 2 is 2.08 bits per heavy atom. The molecule has 1 unspecified atom stereocenters. The Balaban J connectivity index is 2.39. The second-order valence-electron chi connectivity index (χ2n) is 3.17. The molecule has 0 spiro atoms. The summed E-state index contributed by atoms with van der Waals surface area (Å²) in [6.45, 7) is 3.51. The molecule has 1 fully saturated rings. The largest absolute Gasteiger partial charge is 0.381 e. The Hall–Kier alpha value is -0.0200. The van der Waals surface area contributed by atoms with Crippen LogP contribution in [0.4, 0.5) is 0 Å². The number of Topliss-reactive ketones (excluding diaryl/α,β-unsaturated/α-hetero) is 1. The van der Waals surface area contributed by atoms with Gasteiger partial charge in [-0.3, -0.25) is 4.79 Å². The maximum absolute atomic E-state index is 11.7. The Morgan fingerprint density at radius 3 is 2.58 bits per heavy atom. The van der Waals surface area contributed by atoms with E-state index in [1.54, 1.807) is 11.8 Å². The van der Waals surface area contributed by atoms with Gasteiger partial charge < -0.3 is 4.74 Å². The van der Waals surface area contributed by atoms with E-state index >= 15 is 0 Å². The van der Waals surface area contributed by atoms with Crippen molar-refractivity contribution in [3.8, 4) is 0 Å². The van der Waals surface area contributed by atoms with Crippen LogP contribution in [0, 0.1) is 5.92 Å². The molecule has 1 rings (SSSR count). The number of rotatable bonds is 3. The van der Waals surface area contributed by atoms with Crippen molar-refractivity contribution in [2.45, 2.75) is 25.0 Å². The first-order valence-electron chi connectivity index (χ1n) is 4.40. The smallest absolute Gasteiger partial charge is 0.148 e. The molecule has 70 valence electrons. The fourth-order valence-corrected chi connectivity index (χ4v) is 1.85. The molecule has 0 N–H and O–H groups in total. The highest BCUT2D eigenvalue weighted by Gasteiger charge is 2.24. The van der Waals surface area contributed by atoms with Gasteiger partial charge in [-0.05, 0) is 26.0 Å². The molecule has 0 aromatic rings. The van der Waals surface area contributed by atoms with Gasteiger partial charge in [-0.15, -0.1) is 0 Å². The molecule has 0 aromatic carbocycles. The standard InChI is InChI=1S/C9H16O2S/c1-7(12-2)9(10)8-3-5-11-6-4-8/h7-8H,3-6H2,1-2H3. The second-order valence-corrected chi connectivity index (χ2v) is 4.35. The first-order chi connectivity index (χ1) is 5.75. The third-order valence-electron chi connectivity index (χ3n) is 2.38. The predicted octanol–water partition coefficient (Wildman–Crippen LogP) is 1.73. The van der Waals surface area contributed by atoms with Crippen LogP contribution in [0.2, 0.25) is 0 Å². The van der Waals surface area contributed by atoms with Crippen LogP contribution < -0.4 is 0 Å².